The lowest BCUT2D eigenvalue weighted by Gasteiger charge is -2.06. The van der Waals surface area contributed by atoms with Gasteiger partial charge in [0, 0.05) is 24.4 Å². The molecule has 0 aliphatic rings. The molecule has 0 saturated heterocycles. The predicted octanol–water partition coefficient (Wildman–Crippen LogP) is 3.07. The van der Waals surface area contributed by atoms with Crippen LogP contribution in [0.15, 0.2) is 24.3 Å². The quantitative estimate of drug-likeness (QED) is 0.623. The van der Waals surface area contributed by atoms with Crippen LogP contribution in [-0.2, 0) is 6.54 Å². The standard InChI is InChI=1S/C14H18N/c1-5-15-12(4)9-11(3)13-7-6-10(2)8-14(13)15/h6-9H,5H2,1-4H3/q+1. The molecule has 0 fully saturated rings. The maximum Gasteiger partial charge on any atom is 0.213 e. The van der Waals surface area contributed by atoms with Crippen molar-refractivity contribution in [1.29, 1.82) is 0 Å². The Morgan fingerprint density at radius 2 is 1.80 bits per heavy atom. The molecule has 0 spiro atoms. The lowest BCUT2D eigenvalue weighted by atomic mass is 10.1. The Hall–Kier alpha value is -1.37. The van der Waals surface area contributed by atoms with Crippen LogP contribution in [0.4, 0.5) is 0 Å². The Kier molecular flexibility index (Phi) is 2.47. The molecule has 2 aromatic rings. The molecule has 1 heteroatoms. The molecule has 0 N–H and O–H groups in total. The van der Waals surface area contributed by atoms with Gasteiger partial charge in [0.2, 0.25) is 5.52 Å². The van der Waals surface area contributed by atoms with Gasteiger partial charge in [-0.05, 0) is 38.0 Å². The maximum atomic E-state index is 2.37. The zero-order valence-corrected chi connectivity index (χ0v) is 9.96. The summed E-state index contributed by atoms with van der Waals surface area (Å²) in [5.74, 6) is 0. The van der Waals surface area contributed by atoms with Crippen molar-refractivity contribution in [3.63, 3.8) is 0 Å². The molecule has 2 rings (SSSR count). The van der Waals surface area contributed by atoms with Gasteiger partial charge in [0.1, 0.15) is 6.54 Å². The van der Waals surface area contributed by atoms with Gasteiger partial charge in [-0.3, -0.25) is 0 Å². The van der Waals surface area contributed by atoms with E-state index in [0.29, 0.717) is 0 Å². The molecule has 0 bridgehead atoms. The minimum atomic E-state index is 1.03. The van der Waals surface area contributed by atoms with Crippen LogP contribution >= 0.6 is 0 Å². The van der Waals surface area contributed by atoms with Crippen molar-refractivity contribution in [3.05, 3.63) is 41.1 Å². The van der Waals surface area contributed by atoms with E-state index in [-0.39, 0.29) is 0 Å². The fourth-order valence-corrected chi connectivity index (χ4v) is 2.28. The molecule has 1 heterocycles. The molecule has 0 amide bonds. The second kappa shape index (κ2) is 3.65. The Labute approximate surface area is 91.4 Å². The molecule has 0 atom stereocenters. The average Bonchev–Trinajstić information content (AvgIpc) is 2.17. The molecule has 1 aromatic heterocycles. The lowest BCUT2D eigenvalue weighted by Crippen LogP contribution is -2.36. The van der Waals surface area contributed by atoms with E-state index in [1.54, 1.807) is 0 Å². The average molecular weight is 200 g/mol. The van der Waals surface area contributed by atoms with E-state index < -0.39 is 0 Å². The zero-order chi connectivity index (χ0) is 11.0. The third-order valence-corrected chi connectivity index (χ3v) is 3.04. The van der Waals surface area contributed by atoms with Gasteiger partial charge in [-0.2, -0.15) is 4.57 Å². The molecule has 0 radical (unpaired) electrons. The fourth-order valence-electron chi connectivity index (χ4n) is 2.28. The molecular formula is C14H18N+. The maximum absolute atomic E-state index is 2.37. The minimum absolute atomic E-state index is 1.03. The highest BCUT2D eigenvalue weighted by molar-refractivity contribution is 5.80. The molecule has 1 nitrogen and oxygen atoms in total. The van der Waals surface area contributed by atoms with Gasteiger partial charge < -0.3 is 0 Å². The van der Waals surface area contributed by atoms with Crippen LogP contribution in [0.1, 0.15) is 23.7 Å². The van der Waals surface area contributed by atoms with E-state index in [1.165, 1.54) is 27.7 Å². The number of hydrogen-bond donors (Lipinski definition) is 0. The molecule has 15 heavy (non-hydrogen) atoms. The first kappa shape index (κ1) is 10.2. The fraction of sp³-hybridized carbons (Fsp3) is 0.357. The van der Waals surface area contributed by atoms with Crippen molar-refractivity contribution >= 4 is 10.9 Å². The molecular weight excluding hydrogens is 182 g/mol. The number of rotatable bonds is 1. The van der Waals surface area contributed by atoms with Crippen molar-refractivity contribution in [2.24, 2.45) is 0 Å². The third kappa shape index (κ3) is 1.63. The summed E-state index contributed by atoms with van der Waals surface area (Å²) in [5.41, 5.74) is 5.39. The van der Waals surface area contributed by atoms with Crippen LogP contribution in [0.25, 0.3) is 10.9 Å². The highest BCUT2D eigenvalue weighted by atomic mass is 15.0. The van der Waals surface area contributed by atoms with Crippen molar-refractivity contribution in [2.75, 3.05) is 0 Å². The van der Waals surface area contributed by atoms with Gasteiger partial charge in [-0.25, -0.2) is 0 Å². The Morgan fingerprint density at radius 1 is 1.07 bits per heavy atom. The van der Waals surface area contributed by atoms with Gasteiger partial charge in [-0.1, -0.05) is 6.07 Å². The smallest absolute Gasteiger partial charge is 0.196 e. The highest BCUT2D eigenvalue weighted by Gasteiger charge is 2.12. The van der Waals surface area contributed by atoms with Crippen molar-refractivity contribution < 1.29 is 4.57 Å². The second-order valence-electron chi connectivity index (χ2n) is 4.23. The number of nitrogens with zero attached hydrogens (tertiary/aromatic N) is 1. The van der Waals surface area contributed by atoms with Crippen LogP contribution in [0.5, 0.6) is 0 Å². The van der Waals surface area contributed by atoms with Crippen LogP contribution in [0.2, 0.25) is 0 Å². The van der Waals surface area contributed by atoms with Crippen LogP contribution in [-0.4, -0.2) is 0 Å². The van der Waals surface area contributed by atoms with Crippen molar-refractivity contribution in [2.45, 2.75) is 34.2 Å². The summed E-state index contributed by atoms with van der Waals surface area (Å²) in [6.45, 7) is 9.75. The molecule has 78 valence electrons. The van der Waals surface area contributed by atoms with E-state index in [4.69, 9.17) is 0 Å². The Balaban J connectivity index is 2.91. The first-order chi connectivity index (χ1) is 7.13. The van der Waals surface area contributed by atoms with E-state index in [0.717, 1.165) is 6.54 Å². The van der Waals surface area contributed by atoms with E-state index in [2.05, 4.69) is 56.5 Å². The van der Waals surface area contributed by atoms with Gasteiger partial charge in [-0.15, -0.1) is 0 Å². The summed E-state index contributed by atoms with van der Waals surface area (Å²) >= 11 is 0. The first-order valence-corrected chi connectivity index (χ1v) is 5.54. The third-order valence-electron chi connectivity index (χ3n) is 3.04. The number of fused-ring (bicyclic) bond motifs is 1. The van der Waals surface area contributed by atoms with Crippen molar-refractivity contribution in [3.8, 4) is 0 Å². The van der Waals surface area contributed by atoms with E-state index >= 15 is 0 Å². The largest absolute Gasteiger partial charge is 0.213 e. The number of aromatic nitrogens is 1. The topological polar surface area (TPSA) is 3.88 Å². The lowest BCUT2D eigenvalue weighted by molar-refractivity contribution is -0.673. The second-order valence-corrected chi connectivity index (χ2v) is 4.23. The Bertz CT molecular complexity index is 512. The molecule has 0 aliphatic carbocycles. The zero-order valence-electron chi connectivity index (χ0n) is 9.96. The summed E-state index contributed by atoms with van der Waals surface area (Å²) < 4.78 is 2.37. The number of aryl methyl sites for hydroxylation is 4. The van der Waals surface area contributed by atoms with Gasteiger partial charge in [0.05, 0.1) is 0 Å². The molecule has 0 saturated carbocycles. The molecule has 1 aromatic carbocycles. The SMILES string of the molecule is CC[n+]1c(C)cc(C)c2ccc(C)cc21. The van der Waals surface area contributed by atoms with Gasteiger partial charge in [0.25, 0.3) is 0 Å². The number of benzene rings is 1. The minimum Gasteiger partial charge on any atom is -0.196 e. The predicted molar refractivity (Wildman–Crippen MR) is 64.0 cm³/mol. The number of hydrogen-bond acceptors (Lipinski definition) is 0. The summed E-state index contributed by atoms with van der Waals surface area (Å²) in [4.78, 5) is 0. The molecule has 0 aliphatic heterocycles. The van der Waals surface area contributed by atoms with Gasteiger partial charge in [0.15, 0.2) is 5.69 Å². The normalized spacial score (nSPS) is 10.9. The summed E-state index contributed by atoms with van der Waals surface area (Å²) in [6.07, 6.45) is 0. The Morgan fingerprint density at radius 3 is 2.47 bits per heavy atom. The number of pyridine rings is 1. The van der Waals surface area contributed by atoms with Gasteiger partial charge >= 0.3 is 0 Å². The molecule has 0 unspecified atom stereocenters. The van der Waals surface area contributed by atoms with E-state index in [1.807, 2.05) is 0 Å². The summed E-state index contributed by atoms with van der Waals surface area (Å²) in [5, 5.41) is 1.37. The van der Waals surface area contributed by atoms with Crippen LogP contribution in [0, 0.1) is 20.8 Å². The summed E-state index contributed by atoms with van der Waals surface area (Å²) in [6, 6.07) is 8.95. The monoisotopic (exact) mass is 200 g/mol. The highest BCUT2D eigenvalue weighted by Crippen LogP contribution is 2.17. The van der Waals surface area contributed by atoms with Crippen LogP contribution < -0.4 is 4.57 Å². The summed E-state index contributed by atoms with van der Waals surface area (Å²) in [7, 11) is 0. The first-order valence-electron chi connectivity index (χ1n) is 5.54. The van der Waals surface area contributed by atoms with Crippen LogP contribution in [0.3, 0.4) is 0 Å². The van der Waals surface area contributed by atoms with Crippen molar-refractivity contribution in [1.82, 2.24) is 0 Å². The van der Waals surface area contributed by atoms with E-state index in [9.17, 15) is 0 Å².